The fraction of sp³-hybridized carbons (Fsp3) is 0.273. The summed E-state index contributed by atoms with van der Waals surface area (Å²) in [6, 6.07) is 6.31. The van der Waals surface area contributed by atoms with E-state index in [2.05, 4.69) is 0 Å². The number of aliphatic hydroxyl groups is 1. The first-order valence-corrected chi connectivity index (χ1v) is 10.6. The Labute approximate surface area is 194 Å². The summed E-state index contributed by atoms with van der Waals surface area (Å²) in [6.45, 7) is 2.26. The predicted molar refractivity (Wildman–Crippen MR) is 120 cm³/mol. The van der Waals surface area contributed by atoms with Crippen LogP contribution in [0.25, 0.3) is 5.76 Å². The van der Waals surface area contributed by atoms with Crippen LogP contribution >= 0.6 is 34.8 Å². The first-order chi connectivity index (χ1) is 14.7. The molecular weight excluding hydrogens is 465 g/mol. The third kappa shape index (κ3) is 4.33. The maximum Gasteiger partial charge on any atom is 0.295 e. The summed E-state index contributed by atoms with van der Waals surface area (Å²) in [7, 11) is 1.36. The number of nitrogens with zero attached hydrogens (tertiary/aromatic N) is 1. The van der Waals surface area contributed by atoms with E-state index in [1.807, 2.05) is 6.92 Å². The molecule has 1 heterocycles. The van der Waals surface area contributed by atoms with Crippen LogP contribution in [0.3, 0.4) is 0 Å². The van der Waals surface area contributed by atoms with Gasteiger partial charge in [0.25, 0.3) is 11.7 Å². The highest BCUT2D eigenvalue weighted by molar-refractivity contribution is 6.47. The topological polar surface area (TPSA) is 87.1 Å². The number of Topliss-reactive ketones (excluding diaryl/α,β-unsaturated/α-hetero) is 1. The summed E-state index contributed by atoms with van der Waals surface area (Å²) in [5.74, 6) is -2.07. The molecular formula is C22H20Cl3NO5. The molecule has 3 rings (SSSR count). The van der Waals surface area contributed by atoms with Gasteiger partial charge in [-0.05, 0) is 36.2 Å². The Morgan fingerprint density at radius 1 is 1.13 bits per heavy atom. The smallest absolute Gasteiger partial charge is 0.295 e. The lowest BCUT2D eigenvalue weighted by Crippen LogP contribution is -2.30. The Morgan fingerprint density at radius 2 is 1.84 bits per heavy atom. The minimum atomic E-state index is -0.910. The van der Waals surface area contributed by atoms with Gasteiger partial charge in [-0.15, -0.1) is 0 Å². The van der Waals surface area contributed by atoms with Gasteiger partial charge in [0, 0.05) is 11.6 Å². The van der Waals surface area contributed by atoms with E-state index in [1.165, 1.54) is 36.3 Å². The van der Waals surface area contributed by atoms with Crippen molar-refractivity contribution in [2.45, 2.75) is 25.8 Å². The maximum absolute atomic E-state index is 13.0. The molecule has 1 aliphatic rings. The van der Waals surface area contributed by atoms with Crippen LogP contribution in [0.5, 0.6) is 11.5 Å². The summed E-state index contributed by atoms with van der Waals surface area (Å²) in [6.07, 6.45) is 1.45. The lowest BCUT2D eigenvalue weighted by atomic mass is 9.94. The van der Waals surface area contributed by atoms with Gasteiger partial charge in [-0.25, -0.2) is 0 Å². The van der Waals surface area contributed by atoms with Gasteiger partial charge in [0.2, 0.25) is 0 Å². The largest absolute Gasteiger partial charge is 0.507 e. The number of ether oxygens (including phenoxy) is 1. The second kappa shape index (κ2) is 9.39. The number of carbonyl (C=O) groups is 2. The van der Waals surface area contributed by atoms with Gasteiger partial charge < -0.3 is 19.8 Å². The molecule has 31 heavy (non-hydrogen) atoms. The van der Waals surface area contributed by atoms with Crippen molar-refractivity contribution in [3.8, 4) is 11.5 Å². The molecule has 1 amide bonds. The molecule has 2 N–H and O–H groups in total. The number of phenolic OH excluding ortho intramolecular Hbond substituents is 1. The maximum atomic E-state index is 13.0. The van der Waals surface area contributed by atoms with Crippen molar-refractivity contribution in [1.29, 1.82) is 0 Å². The highest BCUT2D eigenvalue weighted by Crippen LogP contribution is 2.44. The highest BCUT2D eigenvalue weighted by Gasteiger charge is 2.46. The number of ketones is 1. The fourth-order valence-corrected chi connectivity index (χ4v) is 4.33. The normalized spacial score (nSPS) is 18.0. The number of rotatable bonds is 6. The molecule has 1 saturated heterocycles. The number of amides is 1. The molecule has 1 fully saturated rings. The van der Waals surface area contributed by atoms with Crippen LogP contribution < -0.4 is 4.74 Å². The Bertz CT molecular complexity index is 1080. The van der Waals surface area contributed by atoms with E-state index in [-0.39, 0.29) is 37.7 Å². The summed E-state index contributed by atoms with van der Waals surface area (Å²) in [5, 5.41) is 21.4. The molecule has 2 aromatic rings. The zero-order valence-electron chi connectivity index (χ0n) is 16.8. The third-order valence-corrected chi connectivity index (χ3v) is 5.85. The van der Waals surface area contributed by atoms with Crippen molar-refractivity contribution in [3.63, 3.8) is 0 Å². The van der Waals surface area contributed by atoms with Crippen molar-refractivity contribution in [2.75, 3.05) is 13.7 Å². The molecule has 1 atom stereocenters. The monoisotopic (exact) mass is 483 g/mol. The summed E-state index contributed by atoms with van der Waals surface area (Å²) >= 11 is 18.4. The fourth-order valence-electron chi connectivity index (χ4n) is 3.57. The number of hydrogen-bond acceptors (Lipinski definition) is 5. The summed E-state index contributed by atoms with van der Waals surface area (Å²) < 4.78 is 5.29. The van der Waals surface area contributed by atoms with Crippen LogP contribution in [-0.2, 0) is 9.59 Å². The SMILES string of the molecule is CCCCN1C(=O)C(=O)/C(=C(/O)c2cc(Cl)cc(Cl)c2OC)C1c1ccc(O)c(Cl)c1. The first kappa shape index (κ1) is 23.3. The number of halogens is 3. The standard InChI is InChI=1S/C22H20Cl3NO5/c1-3-4-7-26-18(11-5-6-16(27)14(24)8-11)17(20(29)22(26)30)19(28)13-9-12(23)10-15(25)21(13)31-2/h5-6,8-10,18,27-28H,3-4,7H2,1-2H3/b19-17+. The van der Waals surface area contributed by atoms with E-state index in [1.54, 1.807) is 6.07 Å². The van der Waals surface area contributed by atoms with Gasteiger partial charge in [-0.1, -0.05) is 54.2 Å². The van der Waals surface area contributed by atoms with Crippen LogP contribution in [0.4, 0.5) is 0 Å². The number of likely N-dealkylation sites (tertiary alicyclic amines) is 1. The number of aliphatic hydroxyl groups excluding tert-OH is 1. The van der Waals surface area contributed by atoms with E-state index < -0.39 is 23.5 Å². The summed E-state index contributed by atoms with van der Waals surface area (Å²) in [5.41, 5.74) is 0.412. The molecule has 1 unspecified atom stereocenters. The summed E-state index contributed by atoms with van der Waals surface area (Å²) in [4.78, 5) is 27.2. The molecule has 0 bridgehead atoms. The number of carbonyl (C=O) groups excluding carboxylic acids is 2. The number of methoxy groups -OCH3 is 1. The van der Waals surface area contributed by atoms with Gasteiger partial charge in [0.05, 0.1) is 34.3 Å². The van der Waals surface area contributed by atoms with Crippen LogP contribution in [0, 0.1) is 0 Å². The van der Waals surface area contributed by atoms with E-state index in [4.69, 9.17) is 39.5 Å². The Balaban J connectivity index is 2.28. The molecule has 6 nitrogen and oxygen atoms in total. The first-order valence-electron chi connectivity index (χ1n) is 9.51. The molecule has 0 saturated carbocycles. The highest BCUT2D eigenvalue weighted by atomic mass is 35.5. The second-order valence-corrected chi connectivity index (χ2v) is 8.28. The van der Waals surface area contributed by atoms with E-state index in [9.17, 15) is 19.8 Å². The van der Waals surface area contributed by atoms with E-state index in [0.717, 1.165) is 6.42 Å². The van der Waals surface area contributed by atoms with Crippen LogP contribution in [0.1, 0.15) is 36.9 Å². The van der Waals surface area contributed by atoms with Crippen LogP contribution in [0.2, 0.25) is 15.1 Å². The lowest BCUT2D eigenvalue weighted by Gasteiger charge is -2.25. The molecule has 0 radical (unpaired) electrons. The molecule has 0 spiro atoms. The van der Waals surface area contributed by atoms with Crippen molar-refractivity contribution < 1.29 is 24.5 Å². The van der Waals surface area contributed by atoms with Crippen molar-refractivity contribution in [1.82, 2.24) is 4.90 Å². The van der Waals surface area contributed by atoms with Crippen LogP contribution in [-0.4, -0.2) is 40.5 Å². The predicted octanol–water partition coefficient (Wildman–Crippen LogP) is 5.58. The Kier molecular flexibility index (Phi) is 7.04. The zero-order valence-corrected chi connectivity index (χ0v) is 19.1. The van der Waals surface area contributed by atoms with Crippen molar-refractivity contribution in [2.24, 2.45) is 0 Å². The van der Waals surface area contributed by atoms with Gasteiger partial charge in [0.1, 0.15) is 17.3 Å². The van der Waals surface area contributed by atoms with Crippen molar-refractivity contribution >= 4 is 52.3 Å². The average molecular weight is 485 g/mol. The average Bonchev–Trinajstić information content (AvgIpc) is 2.97. The quantitative estimate of drug-likeness (QED) is 0.317. The van der Waals surface area contributed by atoms with Gasteiger partial charge >= 0.3 is 0 Å². The van der Waals surface area contributed by atoms with Gasteiger partial charge in [-0.2, -0.15) is 0 Å². The molecule has 1 aliphatic heterocycles. The molecule has 164 valence electrons. The van der Waals surface area contributed by atoms with Crippen LogP contribution in [0.15, 0.2) is 35.9 Å². The van der Waals surface area contributed by atoms with E-state index >= 15 is 0 Å². The number of unbranched alkanes of at least 4 members (excludes halogenated alkanes) is 1. The minimum Gasteiger partial charge on any atom is -0.507 e. The molecule has 0 aromatic heterocycles. The second-order valence-electron chi connectivity index (χ2n) is 7.03. The van der Waals surface area contributed by atoms with Gasteiger partial charge in [0.15, 0.2) is 0 Å². The number of hydrogen-bond donors (Lipinski definition) is 2. The number of phenols is 1. The minimum absolute atomic E-state index is 0.0574. The molecule has 2 aromatic carbocycles. The van der Waals surface area contributed by atoms with Gasteiger partial charge in [-0.3, -0.25) is 9.59 Å². The zero-order chi connectivity index (χ0) is 22.9. The third-order valence-electron chi connectivity index (χ3n) is 5.05. The van der Waals surface area contributed by atoms with Crippen molar-refractivity contribution in [3.05, 3.63) is 62.1 Å². The number of benzene rings is 2. The number of aromatic hydroxyl groups is 1. The molecule has 9 heteroatoms. The molecule has 0 aliphatic carbocycles. The van der Waals surface area contributed by atoms with E-state index in [0.29, 0.717) is 18.5 Å². The Morgan fingerprint density at radius 3 is 2.45 bits per heavy atom. The lowest BCUT2D eigenvalue weighted by molar-refractivity contribution is -0.139. The Hall–Kier alpha value is -2.41.